The molecular formula is C31H31NO7. The molecule has 8 heteroatoms. The normalized spacial score (nSPS) is 16.8. The van der Waals surface area contributed by atoms with E-state index in [1.165, 1.54) is 19.1 Å². The third kappa shape index (κ3) is 5.36. The van der Waals surface area contributed by atoms with Crippen molar-refractivity contribution in [3.05, 3.63) is 94.6 Å². The Hall–Kier alpha value is -4.59. The molecule has 202 valence electrons. The number of carbonyl (C=O) groups excluding carboxylic acids is 2. The minimum absolute atomic E-state index is 0.0819. The summed E-state index contributed by atoms with van der Waals surface area (Å²) in [4.78, 5) is 39.4. The molecule has 0 saturated carbocycles. The molecule has 0 spiro atoms. The maximum absolute atomic E-state index is 13.5. The highest BCUT2D eigenvalue weighted by Gasteiger charge is 2.47. The molecule has 0 radical (unpaired) electrons. The van der Waals surface area contributed by atoms with Crippen LogP contribution in [0.25, 0.3) is 5.76 Å². The number of amides is 1. The first-order valence-electron chi connectivity index (χ1n) is 12.4. The summed E-state index contributed by atoms with van der Waals surface area (Å²) < 4.78 is 10.7. The number of rotatable bonds is 7. The number of hydrogen-bond acceptors (Lipinski definition) is 6. The molecule has 1 amide bonds. The van der Waals surface area contributed by atoms with Crippen LogP contribution in [-0.2, 0) is 26.2 Å². The molecule has 3 aromatic carbocycles. The molecule has 1 aliphatic rings. The summed E-state index contributed by atoms with van der Waals surface area (Å²) in [6.07, 6.45) is -0.173. The minimum Gasteiger partial charge on any atom is -0.507 e. The van der Waals surface area contributed by atoms with Gasteiger partial charge in [-0.2, -0.15) is 0 Å². The standard InChI is InChI=1S/C31H31NO7/c1-31(2,3)20-10-8-19(9-11-20)27-26(28(35)23-15-14-22(38-4)17-24(23)39-5)29(36)30(37)32(27)21-12-6-18(7-13-21)16-25(33)34/h6-15,17,27,35H,16H2,1-5H3,(H,33,34)/b28-26-. The summed E-state index contributed by atoms with van der Waals surface area (Å²) in [5, 5.41) is 20.6. The number of benzene rings is 3. The van der Waals surface area contributed by atoms with Crippen LogP contribution in [0.15, 0.2) is 72.3 Å². The Morgan fingerprint density at radius 1 is 0.897 bits per heavy atom. The minimum atomic E-state index is -0.976. The number of Topliss-reactive ketones (excluding diaryl/α,β-unsaturated/α-hetero) is 1. The summed E-state index contributed by atoms with van der Waals surface area (Å²) in [7, 11) is 2.94. The molecule has 1 atom stereocenters. The van der Waals surface area contributed by atoms with E-state index in [4.69, 9.17) is 14.6 Å². The molecule has 1 heterocycles. The molecule has 2 N–H and O–H groups in total. The zero-order chi connectivity index (χ0) is 28.5. The van der Waals surface area contributed by atoms with E-state index in [0.29, 0.717) is 22.6 Å². The van der Waals surface area contributed by atoms with Crippen LogP contribution >= 0.6 is 0 Å². The Balaban J connectivity index is 1.91. The first kappa shape index (κ1) is 27.4. The van der Waals surface area contributed by atoms with Crippen molar-refractivity contribution in [2.45, 2.75) is 38.6 Å². The Bertz CT molecular complexity index is 1450. The number of ether oxygens (including phenoxy) is 2. The van der Waals surface area contributed by atoms with Crippen LogP contribution in [0, 0.1) is 0 Å². The van der Waals surface area contributed by atoms with E-state index in [-0.39, 0.29) is 34.5 Å². The maximum atomic E-state index is 13.5. The smallest absolute Gasteiger partial charge is 0.307 e. The summed E-state index contributed by atoms with van der Waals surface area (Å²) in [5.74, 6) is -2.22. The zero-order valence-electron chi connectivity index (χ0n) is 22.5. The Morgan fingerprint density at radius 2 is 1.54 bits per heavy atom. The van der Waals surface area contributed by atoms with Gasteiger partial charge in [-0.05, 0) is 46.4 Å². The first-order chi connectivity index (χ1) is 18.5. The number of carbonyl (C=O) groups is 3. The third-order valence-corrected chi connectivity index (χ3v) is 6.77. The number of carboxylic acid groups (broad SMARTS) is 1. The fourth-order valence-electron chi connectivity index (χ4n) is 4.67. The Morgan fingerprint density at radius 3 is 2.08 bits per heavy atom. The average Bonchev–Trinajstić information content (AvgIpc) is 3.17. The molecule has 39 heavy (non-hydrogen) atoms. The van der Waals surface area contributed by atoms with Gasteiger partial charge in [0.1, 0.15) is 17.3 Å². The summed E-state index contributed by atoms with van der Waals surface area (Å²) in [6.45, 7) is 6.26. The predicted molar refractivity (Wildman–Crippen MR) is 147 cm³/mol. The van der Waals surface area contributed by atoms with Crippen molar-refractivity contribution in [3.63, 3.8) is 0 Å². The number of aliphatic hydroxyl groups is 1. The maximum Gasteiger partial charge on any atom is 0.307 e. The molecule has 0 bridgehead atoms. The van der Waals surface area contributed by atoms with Gasteiger partial charge in [-0.15, -0.1) is 0 Å². The van der Waals surface area contributed by atoms with E-state index >= 15 is 0 Å². The number of nitrogens with zero attached hydrogens (tertiary/aromatic N) is 1. The Labute approximate surface area is 227 Å². The summed E-state index contributed by atoms with van der Waals surface area (Å²) >= 11 is 0. The van der Waals surface area contributed by atoms with Gasteiger partial charge in [0.15, 0.2) is 0 Å². The number of aliphatic hydroxyl groups excluding tert-OH is 1. The van der Waals surface area contributed by atoms with Crippen LogP contribution in [0.4, 0.5) is 5.69 Å². The second-order valence-corrected chi connectivity index (χ2v) is 10.3. The van der Waals surface area contributed by atoms with Crippen LogP contribution in [0.1, 0.15) is 49.1 Å². The van der Waals surface area contributed by atoms with Gasteiger partial charge < -0.3 is 19.7 Å². The monoisotopic (exact) mass is 529 g/mol. The molecular weight excluding hydrogens is 498 g/mol. The van der Waals surface area contributed by atoms with Gasteiger partial charge in [0.25, 0.3) is 11.7 Å². The lowest BCUT2D eigenvalue weighted by Crippen LogP contribution is -2.29. The van der Waals surface area contributed by atoms with Crippen molar-refractivity contribution in [1.82, 2.24) is 0 Å². The summed E-state index contributed by atoms with van der Waals surface area (Å²) in [6, 6.07) is 17.9. The van der Waals surface area contributed by atoms with Crippen molar-refractivity contribution in [1.29, 1.82) is 0 Å². The van der Waals surface area contributed by atoms with E-state index in [1.807, 2.05) is 24.3 Å². The van der Waals surface area contributed by atoms with Gasteiger partial charge in [0.05, 0.1) is 37.8 Å². The largest absolute Gasteiger partial charge is 0.507 e. The van der Waals surface area contributed by atoms with Crippen LogP contribution in [-0.4, -0.2) is 42.1 Å². The first-order valence-corrected chi connectivity index (χ1v) is 12.4. The predicted octanol–water partition coefficient (Wildman–Crippen LogP) is 5.25. The van der Waals surface area contributed by atoms with Crippen molar-refractivity contribution in [2.24, 2.45) is 0 Å². The lowest BCUT2D eigenvalue weighted by molar-refractivity contribution is -0.136. The summed E-state index contributed by atoms with van der Waals surface area (Å²) in [5.41, 5.74) is 2.69. The molecule has 8 nitrogen and oxygen atoms in total. The van der Waals surface area contributed by atoms with Gasteiger partial charge in [-0.1, -0.05) is 57.2 Å². The van der Waals surface area contributed by atoms with Crippen LogP contribution in [0.2, 0.25) is 0 Å². The molecule has 1 unspecified atom stereocenters. The number of anilines is 1. The van der Waals surface area contributed by atoms with Gasteiger partial charge in [-0.25, -0.2) is 0 Å². The molecule has 0 aromatic heterocycles. The van der Waals surface area contributed by atoms with Gasteiger partial charge >= 0.3 is 5.97 Å². The molecule has 1 aliphatic heterocycles. The highest BCUT2D eigenvalue weighted by Crippen LogP contribution is 2.44. The van der Waals surface area contributed by atoms with E-state index < -0.39 is 23.7 Å². The van der Waals surface area contributed by atoms with E-state index in [2.05, 4.69) is 20.8 Å². The van der Waals surface area contributed by atoms with E-state index in [0.717, 1.165) is 5.56 Å². The van der Waals surface area contributed by atoms with Crippen molar-refractivity contribution in [3.8, 4) is 11.5 Å². The van der Waals surface area contributed by atoms with Gasteiger partial charge in [0.2, 0.25) is 0 Å². The second-order valence-electron chi connectivity index (χ2n) is 10.3. The van der Waals surface area contributed by atoms with E-state index in [1.54, 1.807) is 42.5 Å². The highest BCUT2D eigenvalue weighted by molar-refractivity contribution is 6.51. The van der Waals surface area contributed by atoms with E-state index in [9.17, 15) is 19.5 Å². The highest BCUT2D eigenvalue weighted by atomic mass is 16.5. The lowest BCUT2D eigenvalue weighted by Gasteiger charge is -2.27. The average molecular weight is 530 g/mol. The van der Waals surface area contributed by atoms with Crippen molar-refractivity contribution in [2.75, 3.05) is 19.1 Å². The third-order valence-electron chi connectivity index (χ3n) is 6.77. The SMILES string of the molecule is COc1ccc(/C(O)=C2/C(=O)C(=O)N(c3ccc(CC(=O)O)cc3)C2c2ccc(C(C)(C)C)cc2)c(OC)c1. The molecule has 4 rings (SSSR count). The van der Waals surface area contributed by atoms with Gasteiger partial charge in [0, 0.05) is 11.8 Å². The van der Waals surface area contributed by atoms with Crippen LogP contribution in [0.3, 0.4) is 0 Å². The quantitative estimate of drug-likeness (QED) is 0.244. The number of hydrogen-bond donors (Lipinski definition) is 2. The topological polar surface area (TPSA) is 113 Å². The van der Waals surface area contributed by atoms with Gasteiger partial charge in [-0.3, -0.25) is 19.3 Å². The lowest BCUT2D eigenvalue weighted by atomic mass is 9.85. The number of ketones is 1. The number of carboxylic acids is 1. The van der Waals surface area contributed by atoms with Crippen LogP contribution in [0.5, 0.6) is 11.5 Å². The Kier molecular flexibility index (Phi) is 7.49. The van der Waals surface area contributed by atoms with Crippen molar-refractivity contribution >= 4 is 29.1 Å². The second kappa shape index (κ2) is 10.6. The van der Waals surface area contributed by atoms with Crippen molar-refractivity contribution < 1.29 is 34.1 Å². The molecule has 1 fully saturated rings. The molecule has 1 saturated heterocycles. The van der Waals surface area contributed by atoms with Crippen LogP contribution < -0.4 is 14.4 Å². The number of aliphatic carboxylic acids is 1. The number of methoxy groups -OCH3 is 2. The fourth-order valence-corrected chi connectivity index (χ4v) is 4.67. The molecule has 0 aliphatic carbocycles. The molecule has 3 aromatic rings. The zero-order valence-corrected chi connectivity index (χ0v) is 22.5. The fraction of sp³-hybridized carbons (Fsp3) is 0.258.